The fourth-order valence-electron chi connectivity index (χ4n) is 2.96. The number of H-pyrrole nitrogens is 1. The predicted molar refractivity (Wildman–Crippen MR) is 73.0 cm³/mol. The van der Waals surface area contributed by atoms with Gasteiger partial charge in [0, 0.05) is 6.04 Å². The van der Waals surface area contributed by atoms with Crippen LogP contribution in [0.4, 0.5) is 0 Å². The highest BCUT2D eigenvalue weighted by Gasteiger charge is 2.25. The van der Waals surface area contributed by atoms with E-state index in [2.05, 4.69) is 29.4 Å². The van der Waals surface area contributed by atoms with E-state index in [-0.39, 0.29) is 5.69 Å². The van der Waals surface area contributed by atoms with Crippen LogP contribution in [0.15, 0.2) is 23.0 Å². The maximum absolute atomic E-state index is 12.2. The molecule has 0 saturated carbocycles. The van der Waals surface area contributed by atoms with Gasteiger partial charge in [0.2, 0.25) is 0 Å². The summed E-state index contributed by atoms with van der Waals surface area (Å²) in [7, 11) is 0. The predicted octanol–water partition coefficient (Wildman–Crippen LogP) is 1.81. The first-order chi connectivity index (χ1) is 8.66. The van der Waals surface area contributed by atoms with Crippen LogP contribution in [0.5, 0.6) is 0 Å². The second-order valence-electron chi connectivity index (χ2n) is 5.36. The standard InChI is InChI=1S/C14H19N3O/c1-9-3-4-13-11(7-9)16-14(18)17(13)12-5-6-15-8-10(12)2/h3-4,7,10,12,15H,5-6,8H2,1-2H3,(H,16,18). The van der Waals surface area contributed by atoms with E-state index in [4.69, 9.17) is 0 Å². The summed E-state index contributed by atoms with van der Waals surface area (Å²) in [6, 6.07) is 6.46. The van der Waals surface area contributed by atoms with Crippen LogP contribution in [-0.2, 0) is 0 Å². The number of piperidine rings is 1. The Hall–Kier alpha value is -1.55. The van der Waals surface area contributed by atoms with Gasteiger partial charge in [0.05, 0.1) is 11.0 Å². The molecule has 1 aromatic heterocycles. The van der Waals surface area contributed by atoms with Crippen molar-refractivity contribution in [3.8, 4) is 0 Å². The molecular formula is C14H19N3O. The molecule has 1 fully saturated rings. The van der Waals surface area contributed by atoms with Crippen LogP contribution >= 0.6 is 0 Å². The van der Waals surface area contributed by atoms with E-state index < -0.39 is 0 Å². The fourth-order valence-corrected chi connectivity index (χ4v) is 2.96. The highest BCUT2D eigenvalue weighted by atomic mass is 16.1. The summed E-state index contributed by atoms with van der Waals surface area (Å²) in [6.07, 6.45) is 1.02. The van der Waals surface area contributed by atoms with E-state index in [9.17, 15) is 4.79 Å². The van der Waals surface area contributed by atoms with Gasteiger partial charge >= 0.3 is 5.69 Å². The minimum Gasteiger partial charge on any atom is -0.316 e. The number of aromatic amines is 1. The molecule has 4 nitrogen and oxygen atoms in total. The van der Waals surface area contributed by atoms with Gasteiger partial charge in [-0.1, -0.05) is 13.0 Å². The number of fused-ring (bicyclic) bond motifs is 1. The van der Waals surface area contributed by atoms with Crippen molar-refractivity contribution in [3.05, 3.63) is 34.2 Å². The molecule has 0 aliphatic carbocycles. The number of imidazole rings is 1. The maximum atomic E-state index is 12.2. The lowest BCUT2D eigenvalue weighted by Crippen LogP contribution is -2.39. The molecule has 0 bridgehead atoms. The Balaban J connectivity index is 2.16. The Morgan fingerprint density at radius 2 is 2.22 bits per heavy atom. The van der Waals surface area contributed by atoms with E-state index in [1.165, 1.54) is 5.56 Å². The van der Waals surface area contributed by atoms with Gasteiger partial charge in [-0.25, -0.2) is 4.79 Å². The Kier molecular flexibility index (Phi) is 2.74. The zero-order valence-electron chi connectivity index (χ0n) is 10.9. The third kappa shape index (κ3) is 1.77. The van der Waals surface area contributed by atoms with Gasteiger partial charge in [-0.2, -0.15) is 0 Å². The number of rotatable bonds is 1. The summed E-state index contributed by atoms with van der Waals surface area (Å²) in [4.78, 5) is 15.2. The van der Waals surface area contributed by atoms with Crippen LogP contribution in [0.3, 0.4) is 0 Å². The molecule has 1 aliphatic rings. The fraction of sp³-hybridized carbons (Fsp3) is 0.500. The average molecular weight is 245 g/mol. The molecule has 18 heavy (non-hydrogen) atoms. The van der Waals surface area contributed by atoms with Gasteiger partial charge in [0.15, 0.2) is 0 Å². The van der Waals surface area contributed by atoms with Gasteiger partial charge in [0.25, 0.3) is 0 Å². The molecule has 1 saturated heterocycles. The van der Waals surface area contributed by atoms with Crippen LogP contribution in [0.2, 0.25) is 0 Å². The molecule has 0 spiro atoms. The van der Waals surface area contributed by atoms with Gasteiger partial charge in [-0.05, 0) is 50.0 Å². The Labute approximate surface area is 106 Å². The largest absolute Gasteiger partial charge is 0.326 e. The first kappa shape index (κ1) is 11.5. The number of aryl methyl sites for hydroxylation is 1. The molecule has 2 unspecified atom stereocenters. The molecule has 2 atom stereocenters. The van der Waals surface area contributed by atoms with E-state index in [0.717, 1.165) is 30.5 Å². The Morgan fingerprint density at radius 1 is 1.39 bits per heavy atom. The van der Waals surface area contributed by atoms with Crippen molar-refractivity contribution in [3.63, 3.8) is 0 Å². The monoisotopic (exact) mass is 245 g/mol. The molecule has 1 aliphatic heterocycles. The second-order valence-corrected chi connectivity index (χ2v) is 5.36. The summed E-state index contributed by atoms with van der Waals surface area (Å²) >= 11 is 0. The number of hydrogen-bond acceptors (Lipinski definition) is 2. The molecule has 2 heterocycles. The third-order valence-corrected chi connectivity index (χ3v) is 3.94. The second kappa shape index (κ2) is 4.28. The third-order valence-electron chi connectivity index (χ3n) is 3.94. The number of aromatic nitrogens is 2. The lowest BCUT2D eigenvalue weighted by molar-refractivity contribution is 0.274. The van der Waals surface area contributed by atoms with Crippen LogP contribution in [-0.4, -0.2) is 22.6 Å². The smallest absolute Gasteiger partial charge is 0.316 e. The zero-order chi connectivity index (χ0) is 12.7. The molecule has 4 heteroatoms. The maximum Gasteiger partial charge on any atom is 0.326 e. The van der Waals surface area contributed by atoms with Gasteiger partial charge in [-0.3, -0.25) is 4.57 Å². The van der Waals surface area contributed by atoms with Crippen LogP contribution in [0.1, 0.15) is 24.9 Å². The van der Waals surface area contributed by atoms with E-state index in [1.54, 1.807) is 0 Å². The quantitative estimate of drug-likeness (QED) is 0.805. The summed E-state index contributed by atoms with van der Waals surface area (Å²) in [5, 5.41) is 3.38. The SMILES string of the molecule is Cc1ccc2c(c1)[nH]c(=O)n2C1CCNCC1C. The van der Waals surface area contributed by atoms with Crippen molar-refractivity contribution in [1.82, 2.24) is 14.9 Å². The minimum atomic E-state index is 0.0225. The molecule has 0 amide bonds. The van der Waals surface area contributed by atoms with Gasteiger partial charge in [0.1, 0.15) is 0 Å². The first-order valence-electron chi connectivity index (χ1n) is 6.58. The van der Waals surface area contributed by atoms with Gasteiger partial charge in [-0.15, -0.1) is 0 Å². The van der Waals surface area contributed by atoms with E-state index in [0.29, 0.717) is 12.0 Å². The number of hydrogen-bond donors (Lipinski definition) is 2. The highest BCUT2D eigenvalue weighted by molar-refractivity contribution is 5.76. The summed E-state index contributed by atoms with van der Waals surface area (Å²) in [5.74, 6) is 0.483. The normalized spacial score (nSPS) is 24.6. The molecule has 3 rings (SSSR count). The zero-order valence-corrected chi connectivity index (χ0v) is 10.9. The van der Waals surface area contributed by atoms with E-state index >= 15 is 0 Å². The van der Waals surface area contributed by atoms with Crippen molar-refractivity contribution in [2.45, 2.75) is 26.3 Å². The summed E-state index contributed by atoms with van der Waals surface area (Å²) in [5.41, 5.74) is 3.18. The van der Waals surface area contributed by atoms with Crippen molar-refractivity contribution < 1.29 is 0 Å². The lowest BCUT2D eigenvalue weighted by Gasteiger charge is -2.30. The van der Waals surface area contributed by atoms with Crippen molar-refractivity contribution >= 4 is 11.0 Å². The van der Waals surface area contributed by atoms with E-state index in [1.807, 2.05) is 17.6 Å². The van der Waals surface area contributed by atoms with Crippen molar-refractivity contribution in [2.75, 3.05) is 13.1 Å². The number of benzene rings is 1. The lowest BCUT2D eigenvalue weighted by atomic mass is 9.95. The molecule has 2 aromatic rings. The molecule has 2 N–H and O–H groups in total. The molecule has 1 aromatic carbocycles. The van der Waals surface area contributed by atoms with Crippen LogP contribution in [0, 0.1) is 12.8 Å². The Bertz CT molecular complexity index is 625. The average Bonchev–Trinajstić information content (AvgIpc) is 2.65. The molecule has 96 valence electrons. The van der Waals surface area contributed by atoms with Gasteiger partial charge < -0.3 is 10.3 Å². The summed E-state index contributed by atoms with van der Waals surface area (Å²) in [6.45, 7) is 6.22. The molecule has 0 radical (unpaired) electrons. The Morgan fingerprint density at radius 3 is 3.00 bits per heavy atom. The number of nitrogens with zero attached hydrogens (tertiary/aromatic N) is 1. The van der Waals surface area contributed by atoms with Crippen molar-refractivity contribution in [2.24, 2.45) is 5.92 Å². The highest BCUT2D eigenvalue weighted by Crippen LogP contribution is 2.26. The molecular weight excluding hydrogens is 226 g/mol. The van der Waals surface area contributed by atoms with Crippen molar-refractivity contribution in [1.29, 1.82) is 0 Å². The minimum absolute atomic E-state index is 0.0225. The topological polar surface area (TPSA) is 49.8 Å². The van der Waals surface area contributed by atoms with Crippen LogP contribution in [0.25, 0.3) is 11.0 Å². The first-order valence-corrected chi connectivity index (χ1v) is 6.58. The number of nitrogens with one attached hydrogen (secondary N) is 2. The van der Waals surface area contributed by atoms with Crippen LogP contribution < -0.4 is 11.0 Å². The summed E-state index contributed by atoms with van der Waals surface area (Å²) < 4.78 is 1.94.